The van der Waals surface area contributed by atoms with E-state index in [2.05, 4.69) is 15.5 Å². The highest BCUT2D eigenvalue weighted by atomic mass is 16.5. The van der Waals surface area contributed by atoms with Crippen molar-refractivity contribution in [1.29, 1.82) is 0 Å². The number of carbonyl (C=O) groups is 2. The maximum Gasteiger partial charge on any atom is 0.335 e. The highest BCUT2D eigenvalue weighted by Crippen LogP contribution is 2.29. The summed E-state index contributed by atoms with van der Waals surface area (Å²) in [6.07, 6.45) is 1.69. The van der Waals surface area contributed by atoms with Crippen LogP contribution in [0.2, 0.25) is 0 Å². The zero-order valence-corrected chi connectivity index (χ0v) is 13.2. The molecule has 1 aliphatic rings. The molecule has 2 N–H and O–H groups in total. The first-order chi connectivity index (χ1) is 11.5. The largest absolute Gasteiger partial charge is 0.478 e. The highest BCUT2D eigenvalue weighted by Gasteiger charge is 2.33. The monoisotopic (exact) mass is 330 g/mol. The predicted molar refractivity (Wildman–Crippen MR) is 83.4 cm³/mol. The van der Waals surface area contributed by atoms with Crippen molar-refractivity contribution in [3.05, 3.63) is 47.1 Å². The average Bonchev–Trinajstić information content (AvgIpc) is 3.21. The van der Waals surface area contributed by atoms with E-state index in [-0.39, 0.29) is 17.6 Å². The number of aromatic nitrogens is 2. The Kier molecular flexibility index (Phi) is 4.45. The topological polar surface area (TPSA) is 109 Å². The Morgan fingerprint density at radius 3 is 2.75 bits per heavy atom. The van der Waals surface area contributed by atoms with Crippen LogP contribution in [0.25, 0.3) is 0 Å². The van der Waals surface area contributed by atoms with Crippen LogP contribution in [0.4, 0.5) is 4.79 Å². The fourth-order valence-electron chi connectivity index (χ4n) is 2.77. The minimum Gasteiger partial charge on any atom is -0.478 e. The van der Waals surface area contributed by atoms with Crippen LogP contribution in [-0.4, -0.2) is 38.7 Å². The molecule has 2 heterocycles. The average molecular weight is 330 g/mol. The van der Waals surface area contributed by atoms with Crippen LogP contribution >= 0.6 is 0 Å². The Bertz CT molecular complexity index is 741. The van der Waals surface area contributed by atoms with Crippen molar-refractivity contribution >= 4 is 12.0 Å². The molecule has 2 aromatic rings. The molecule has 8 heteroatoms. The van der Waals surface area contributed by atoms with Crippen LogP contribution in [0.3, 0.4) is 0 Å². The second kappa shape index (κ2) is 6.69. The molecule has 3 rings (SSSR count). The second-order valence-electron chi connectivity index (χ2n) is 5.68. The lowest BCUT2D eigenvalue weighted by atomic mass is 10.1. The van der Waals surface area contributed by atoms with Crippen molar-refractivity contribution in [3.63, 3.8) is 0 Å². The summed E-state index contributed by atoms with van der Waals surface area (Å²) in [5.41, 5.74) is 1.05. The molecule has 126 valence electrons. The van der Waals surface area contributed by atoms with Gasteiger partial charge in [-0.2, -0.15) is 4.98 Å². The lowest BCUT2D eigenvalue weighted by Gasteiger charge is -2.22. The molecule has 1 aromatic heterocycles. The fraction of sp³-hybridized carbons (Fsp3) is 0.375. The number of benzene rings is 1. The third-order valence-electron chi connectivity index (χ3n) is 4.00. The molecule has 1 saturated heterocycles. The standard InChI is InChI=1S/C16H18N4O4/c1-10-18-14(19-24-10)13-3-2-8-20(13)16(23)17-9-11-4-6-12(7-5-11)15(21)22/h4-7,13H,2-3,8-9H2,1H3,(H,17,23)(H,21,22). The number of carboxylic acids is 1. The zero-order chi connectivity index (χ0) is 17.1. The molecule has 0 saturated carbocycles. The Morgan fingerprint density at radius 1 is 1.38 bits per heavy atom. The van der Waals surface area contributed by atoms with Crippen molar-refractivity contribution in [2.45, 2.75) is 32.4 Å². The van der Waals surface area contributed by atoms with Crippen molar-refractivity contribution < 1.29 is 19.2 Å². The maximum absolute atomic E-state index is 12.4. The minimum atomic E-state index is -0.971. The van der Waals surface area contributed by atoms with Crippen LogP contribution < -0.4 is 5.32 Å². The normalized spacial score (nSPS) is 17.0. The maximum atomic E-state index is 12.4. The lowest BCUT2D eigenvalue weighted by molar-refractivity contribution is 0.0697. The Labute approximate surface area is 138 Å². The van der Waals surface area contributed by atoms with E-state index in [4.69, 9.17) is 9.63 Å². The summed E-state index contributed by atoms with van der Waals surface area (Å²) in [5.74, 6) is 0.0441. The number of hydrogen-bond acceptors (Lipinski definition) is 5. The molecule has 24 heavy (non-hydrogen) atoms. The summed E-state index contributed by atoms with van der Waals surface area (Å²) in [6.45, 7) is 2.69. The van der Waals surface area contributed by atoms with Crippen LogP contribution in [-0.2, 0) is 6.54 Å². The number of urea groups is 1. The molecule has 0 bridgehead atoms. The van der Waals surface area contributed by atoms with E-state index >= 15 is 0 Å². The predicted octanol–water partition coefficient (Wildman–Crippen LogP) is 2.12. The first kappa shape index (κ1) is 16.0. The SMILES string of the molecule is Cc1nc(C2CCCN2C(=O)NCc2ccc(C(=O)O)cc2)no1. The molecule has 0 spiro atoms. The number of aromatic carboxylic acids is 1. The smallest absolute Gasteiger partial charge is 0.335 e. The van der Waals surface area contributed by atoms with Gasteiger partial charge in [0.05, 0.1) is 11.6 Å². The van der Waals surface area contributed by atoms with Crippen molar-refractivity contribution in [3.8, 4) is 0 Å². The van der Waals surface area contributed by atoms with E-state index in [1.54, 1.807) is 24.0 Å². The minimum absolute atomic E-state index is 0.170. The molecule has 1 fully saturated rings. The quantitative estimate of drug-likeness (QED) is 0.889. The van der Waals surface area contributed by atoms with E-state index in [0.29, 0.717) is 24.8 Å². The summed E-state index contributed by atoms with van der Waals surface area (Å²) < 4.78 is 5.00. The third kappa shape index (κ3) is 3.37. The Hall–Kier alpha value is -2.90. The van der Waals surface area contributed by atoms with Gasteiger partial charge in [-0.1, -0.05) is 17.3 Å². The van der Waals surface area contributed by atoms with Gasteiger partial charge in [-0.05, 0) is 30.5 Å². The van der Waals surface area contributed by atoms with Gasteiger partial charge in [0.2, 0.25) is 5.89 Å². The van der Waals surface area contributed by atoms with Gasteiger partial charge in [-0.15, -0.1) is 0 Å². The number of nitrogens with zero attached hydrogens (tertiary/aromatic N) is 3. The van der Waals surface area contributed by atoms with Crippen molar-refractivity contribution in [2.24, 2.45) is 0 Å². The number of carboxylic acid groups (broad SMARTS) is 1. The number of carbonyl (C=O) groups excluding carboxylic acids is 1. The first-order valence-electron chi connectivity index (χ1n) is 7.71. The molecule has 1 unspecified atom stereocenters. The molecular weight excluding hydrogens is 312 g/mol. The van der Waals surface area contributed by atoms with Crippen molar-refractivity contribution in [1.82, 2.24) is 20.4 Å². The number of rotatable bonds is 4. The number of hydrogen-bond donors (Lipinski definition) is 2. The van der Waals surface area contributed by atoms with E-state index in [0.717, 1.165) is 18.4 Å². The summed E-state index contributed by atoms with van der Waals surface area (Å²) in [6, 6.07) is 6.05. The molecule has 0 radical (unpaired) electrons. The van der Waals surface area contributed by atoms with Gasteiger partial charge in [0.25, 0.3) is 0 Å². The summed E-state index contributed by atoms with van der Waals surface area (Å²) >= 11 is 0. The van der Waals surface area contributed by atoms with E-state index in [1.807, 2.05) is 0 Å². The lowest BCUT2D eigenvalue weighted by Crippen LogP contribution is -2.39. The van der Waals surface area contributed by atoms with Crippen molar-refractivity contribution in [2.75, 3.05) is 6.54 Å². The molecular formula is C16H18N4O4. The molecule has 0 aliphatic carbocycles. The highest BCUT2D eigenvalue weighted by molar-refractivity contribution is 5.87. The first-order valence-corrected chi connectivity index (χ1v) is 7.71. The van der Waals surface area contributed by atoms with Gasteiger partial charge >= 0.3 is 12.0 Å². The van der Waals surface area contributed by atoms with Gasteiger partial charge in [0.15, 0.2) is 5.82 Å². The Morgan fingerprint density at radius 2 is 2.12 bits per heavy atom. The second-order valence-corrected chi connectivity index (χ2v) is 5.68. The number of aryl methyl sites for hydroxylation is 1. The third-order valence-corrected chi connectivity index (χ3v) is 4.00. The number of likely N-dealkylation sites (tertiary alicyclic amines) is 1. The van der Waals surface area contributed by atoms with Gasteiger partial charge < -0.3 is 19.8 Å². The number of amides is 2. The van der Waals surface area contributed by atoms with Crippen LogP contribution in [0.1, 0.15) is 46.5 Å². The van der Waals surface area contributed by atoms with Gasteiger partial charge in [-0.25, -0.2) is 9.59 Å². The molecule has 1 atom stereocenters. The fourth-order valence-corrected chi connectivity index (χ4v) is 2.77. The van der Waals surface area contributed by atoms with E-state index in [9.17, 15) is 9.59 Å². The molecule has 1 aromatic carbocycles. The molecule has 8 nitrogen and oxygen atoms in total. The molecule has 2 amide bonds. The summed E-state index contributed by atoms with van der Waals surface area (Å²) in [7, 11) is 0. The molecule has 1 aliphatic heterocycles. The van der Waals surface area contributed by atoms with Crippen LogP contribution in [0.15, 0.2) is 28.8 Å². The van der Waals surface area contributed by atoms with Gasteiger partial charge in [-0.3, -0.25) is 0 Å². The van der Waals surface area contributed by atoms with Crippen LogP contribution in [0.5, 0.6) is 0 Å². The van der Waals surface area contributed by atoms with Crippen LogP contribution in [0, 0.1) is 6.92 Å². The van der Waals surface area contributed by atoms with E-state index in [1.165, 1.54) is 12.1 Å². The summed E-state index contributed by atoms with van der Waals surface area (Å²) in [4.78, 5) is 29.2. The van der Waals surface area contributed by atoms with Gasteiger partial charge in [0, 0.05) is 20.0 Å². The van der Waals surface area contributed by atoms with Gasteiger partial charge in [0.1, 0.15) is 0 Å². The zero-order valence-electron chi connectivity index (χ0n) is 13.2. The summed E-state index contributed by atoms with van der Waals surface area (Å²) in [5, 5.41) is 15.6. The number of nitrogens with one attached hydrogen (secondary N) is 1. The Balaban J connectivity index is 1.60. The van der Waals surface area contributed by atoms with E-state index < -0.39 is 5.97 Å².